The van der Waals surface area contributed by atoms with Crippen LogP contribution in [0.1, 0.15) is 37.1 Å². The Morgan fingerprint density at radius 1 is 1.00 bits per heavy atom. The van der Waals surface area contributed by atoms with Crippen LogP contribution in [0.4, 0.5) is 4.39 Å². The third kappa shape index (κ3) is 5.10. The number of thiophene rings is 1. The second-order valence-electron chi connectivity index (χ2n) is 6.74. The average Bonchev–Trinajstić information content (AvgIpc) is 3.13. The number of benzene rings is 2. The van der Waals surface area contributed by atoms with Gasteiger partial charge in [0.15, 0.2) is 16.6 Å². The van der Waals surface area contributed by atoms with Crippen molar-refractivity contribution in [2.75, 3.05) is 6.61 Å². The first kappa shape index (κ1) is 19.4. The largest absolute Gasteiger partial charge is 0.484 e. The number of ether oxygens (including phenoxy) is 2. The highest BCUT2D eigenvalue weighted by Crippen LogP contribution is 2.36. The van der Waals surface area contributed by atoms with Gasteiger partial charge in [0.2, 0.25) is 0 Å². The summed E-state index contributed by atoms with van der Waals surface area (Å²) in [5, 5.41) is 0.965. The standard InChI is InChI=1S/C23H25FO2S/c1-4-25-23-13-12-22(27-23)17(3)16(2)14-18-10-11-20(24)21(15-18)26-19-8-6-5-7-9-19/h5-13,15-17H,4,14H2,1-3H3. The fourth-order valence-electron chi connectivity index (χ4n) is 3.00. The Balaban J connectivity index is 1.69. The predicted molar refractivity (Wildman–Crippen MR) is 110 cm³/mol. The molecule has 0 saturated carbocycles. The van der Waals surface area contributed by atoms with Crippen LogP contribution in [0.3, 0.4) is 0 Å². The molecule has 1 heterocycles. The van der Waals surface area contributed by atoms with Crippen molar-refractivity contribution in [3.8, 4) is 16.6 Å². The second-order valence-corrected chi connectivity index (χ2v) is 7.82. The van der Waals surface area contributed by atoms with E-state index in [-0.39, 0.29) is 11.6 Å². The van der Waals surface area contributed by atoms with Crippen LogP contribution in [0.15, 0.2) is 60.7 Å². The highest BCUT2D eigenvalue weighted by atomic mass is 32.1. The van der Waals surface area contributed by atoms with E-state index in [1.54, 1.807) is 11.3 Å². The van der Waals surface area contributed by atoms with Crippen LogP contribution in [-0.4, -0.2) is 6.61 Å². The summed E-state index contributed by atoms with van der Waals surface area (Å²) < 4.78 is 25.5. The molecule has 0 aliphatic heterocycles. The molecule has 0 spiro atoms. The fraction of sp³-hybridized carbons (Fsp3) is 0.304. The fourth-order valence-corrected chi connectivity index (χ4v) is 4.10. The molecule has 3 rings (SSSR count). The van der Waals surface area contributed by atoms with Crippen LogP contribution in [-0.2, 0) is 6.42 Å². The van der Waals surface area contributed by atoms with Gasteiger partial charge < -0.3 is 9.47 Å². The zero-order chi connectivity index (χ0) is 19.2. The van der Waals surface area contributed by atoms with Crippen molar-refractivity contribution in [2.45, 2.75) is 33.1 Å². The summed E-state index contributed by atoms with van der Waals surface area (Å²) in [5.74, 6) is 1.37. The van der Waals surface area contributed by atoms with E-state index in [0.717, 1.165) is 17.0 Å². The molecule has 0 fully saturated rings. The van der Waals surface area contributed by atoms with E-state index in [1.807, 2.05) is 55.5 Å². The molecule has 2 nitrogen and oxygen atoms in total. The first-order chi connectivity index (χ1) is 13.1. The smallest absolute Gasteiger partial charge is 0.173 e. The minimum Gasteiger partial charge on any atom is -0.484 e. The zero-order valence-corrected chi connectivity index (χ0v) is 16.8. The number of para-hydroxylation sites is 1. The second kappa shape index (κ2) is 9.05. The van der Waals surface area contributed by atoms with Crippen molar-refractivity contribution < 1.29 is 13.9 Å². The number of rotatable bonds is 8. The van der Waals surface area contributed by atoms with Gasteiger partial charge >= 0.3 is 0 Å². The Kier molecular flexibility index (Phi) is 6.51. The van der Waals surface area contributed by atoms with Crippen LogP contribution in [0, 0.1) is 11.7 Å². The Morgan fingerprint density at radius 2 is 1.78 bits per heavy atom. The maximum absolute atomic E-state index is 14.2. The van der Waals surface area contributed by atoms with Crippen LogP contribution in [0.25, 0.3) is 0 Å². The van der Waals surface area contributed by atoms with Crippen molar-refractivity contribution in [3.63, 3.8) is 0 Å². The molecule has 0 amide bonds. The molecule has 3 aromatic rings. The molecular formula is C23H25FO2S. The summed E-state index contributed by atoms with van der Waals surface area (Å²) in [4.78, 5) is 1.31. The van der Waals surface area contributed by atoms with E-state index in [1.165, 1.54) is 10.9 Å². The molecule has 4 heteroatoms. The third-order valence-electron chi connectivity index (χ3n) is 4.72. The van der Waals surface area contributed by atoms with E-state index in [9.17, 15) is 4.39 Å². The summed E-state index contributed by atoms with van der Waals surface area (Å²) in [6.07, 6.45) is 0.856. The van der Waals surface area contributed by atoms with Gasteiger partial charge in [-0.2, -0.15) is 0 Å². The van der Waals surface area contributed by atoms with Gasteiger partial charge in [-0.05, 0) is 67.1 Å². The van der Waals surface area contributed by atoms with E-state index in [0.29, 0.717) is 24.2 Å². The predicted octanol–water partition coefficient (Wildman–Crippen LogP) is 7.06. The van der Waals surface area contributed by atoms with E-state index < -0.39 is 0 Å². The average molecular weight is 385 g/mol. The van der Waals surface area contributed by atoms with Gasteiger partial charge in [0.05, 0.1) is 6.61 Å². The summed E-state index contributed by atoms with van der Waals surface area (Å²) in [5.41, 5.74) is 1.07. The van der Waals surface area contributed by atoms with Gasteiger partial charge in [-0.25, -0.2) is 4.39 Å². The summed E-state index contributed by atoms with van der Waals surface area (Å²) in [7, 11) is 0. The Morgan fingerprint density at radius 3 is 2.52 bits per heavy atom. The molecule has 2 unspecified atom stereocenters. The normalized spacial score (nSPS) is 13.2. The first-order valence-electron chi connectivity index (χ1n) is 9.30. The molecule has 0 aliphatic rings. The quantitative estimate of drug-likeness (QED) is 0.414. The highest BCUT2D eigenvalue weighted by Gasteiger charge is 2.18. The van der Waals surface area contributed by atoms with Gasteiger partial charge in [-0.1, -0.05) is 38.1 Å². The molecule has 27 heavy (non-hydrogen) atoms. The zero-order valence-electron chi connectivity index (χ0n) is 15.9. The van der Waals surface area contributed by atoms with Crippen LogP contribution >= 0.6 is 11.3 Å². The minimum absolute atomic E-state index is 0.272. The van der Waals surface area contributed by atoms with E-state index >= 15 is 0 Å². The monoisotopic (exact) mass is 384 g/mol. The molecule has 142 valence electrons. The minimum atomic E-state index is -0.345. The third-order valence-corrected chi connectivity index (χ3v) is 5.91. The van der Waals surface area contributed by atoms with Gasteiger partial charge in [0, 0.05) is 4.88 Å². The highest BCUT2D eigenvalue weighted by molar-refractivity contribution is 7.13. The first-order valence-corrected chi connectivity index (χ1v) is 10.1. The van der Waals surface area contributed by atoms with Crippen molar-refractivity contribution in [2.24, 2.45) is 5.92 Å². The Labute approximate surface area is 164 Å². The number of halogens is 1. The van der Waals surface area contributed by atoms with Crippen LogP contribution in [0.2, 0.25) is 0 Å². The van der Waals surface area contributed by atoms with E-state index in [2.05, 4.69) is 19.9 Å². The van der Waals surface area contributed by atoms with E-state index in [4.69, 9.17) is 9.47 Å². The summed E-state index contributed by atoms with van der Waals surface area (Å²) in [6.45, 7) is 7.14. The van der Waals surface area contributed by atoms with Crippen molar-refractivity contribution >= 4 is 11.3 Å². The Bertz CT molecular complexity index is 860. The molecule has 2 aromatic carbocycles. The molecular weight excluding hydrogens is 359 g/mol. The Hall–Kier alpha value is -2.33. The van der Waals surface area contributed by atoms with Crippen molar-refractivity contribution in [1.29, 1.82) is 0 Å². The molecule has 0 saturated heterocycles. The summed E-state index contributed by atoms with van der Waals surface area (Å²) >= 11 is 1.70. The topological polar surface area (TPSA) is 18.5 Å². The van der Waals surface area contributed by atoms with Crippen LogP contribution in [0.5, 0.6) is 16.6 Å². The van der Waals surface area contributed by atoms with Gasteiger partial charge in [0.25, 0.3) is 0 Å². The van der Waals surface area contributed by atoms with Crippen molar-refractivity contribution in [1.82, 2.24) is 0 Å². The lowest BCUT2D eigenvalue weighted by Gasteiger charge is -2.19. The number of hydrogen-bond acceptors (Lipinski definition) is 3. The number of hydrogen-bond donors (Lipinski definition) is 0. The summed E-state index contributed by atoms with van der Waals surface area (Å²) in [6, 6.07) is 18.6. The lowest BCUT2D eigenvalue weighted by Crippen LogP contribution is -2.08. The SMILES string of the molecule is CCOc1ccc(C(C)C(C)Cc2ccc(F)c(Oc3ccccc3)c2)s1. The molecule has 0 N–H and O–H groups in total. The maximum atomic E-state index is 14.2. The van der Waals surface area contributed by atoms with Crippen LogP contribution < -0.4 is 9.47 Å². The molecule has 0 aliphatic carbocycles. The molecule has 2 atom stereocenters. The van der Waals surface area contributed by atoms with Gasteiger partial charge in [0.1, 0.15) is 5.75 Å². The maximum Gasteiger partial charge on any atom is 0.173 e. The van der Waals surface area contributed by atoms with Gasteiger partial charge in [-0.15, -0.1) is 11.3 Å². The van der Waals surface area contributed by atoms with Gasteiger partial charge in [-0.3, -0.25) is 0 Å². The molecule has 0 bridgehead atoms. The lowest BCUT2D eigenvalue weighted by molar-refractivity contribution is 0.350. The molecule has 0 radical (unpaired) electrons. The van der Waals surface area contributed by atoms with Crippen molar-refractivity contribution in [3.05, 3.63) is 76.9 Å². The molecule has 1 aromatic heterocycles. The lowest BCUT2D eigenvalue weighted by atomic mass is 9.88.